The number of hydrogen-bond donors (Lipinski definition) is 1. The molecule has 1 amide bonds. The zero-order valence-electron chi connectivity index (χ0n) is 9.51. The summed E-state index contributed by atoms with van der Waals surface area (Å²) >= 11 is 5.87. The predicted molar refractivity (Wildman–Crippen MR) is 62.6 cm³/mol. The molecule has 0 saturated heterocycles. The molecule has 0 atom stereocenters. The maximum Gasteiger partial charge on any atom is 0.271 e. The van der Waals surface area contributed by atoms with Crippen LogP contribution in [0.1, 0.15) is 16.1 Å². The summed E-state index contributed by atoms with van der Waals surface area (Å²) in [6.45, 7) is 0.411. The van der Waals surface area contributed by atoms with Crippen LogP contribution >= 0.6 is 11.6 Å². The molecule has 90 valence electrons. The van der Waals surface area contributed by atoms with Crippen molar-refractivity contribution in [2.24, 2.45) is 14.1 Å². The lowest BCUT2D eigenvalue weighted by atomic mass is 10.3. The minimum atomic E-state index is -0.251. The summed E-state index contributed by atoms with van der Waals surface area (Å²) in [4.78, 5) is 11.8. The Balaban J connectivity index is 2.03. The van der Waals surface area contributed by atoms with E-state index in [1.807, 2.05) is 13.2 Å². The predicted octanol–water partition coefficient (Wildman–Crippen LogP) is 0.737. The highest BCUT2D eigenvalue weighted by Gasteiger charge is 2.15. The Kier molecular flexibility index (Phi) is 3.14. The molecular formula is C10H12ClN5O. The summed E-state index contributed by atoms with van der Waals surface area (Å²) in [5.74, 6) is -0.251. The Morgan fingerprint density at radius 2 is 2.18 bits per heavy atom. The molecule has 7 heteroatoms. The molecule has 0 aromatic carbocycles. The van der Waals surface area contributed by atoms with Crippen LogP contribution in [-0.2, 0) is 20.6 Å². The van der Waals surface area contributed by atoms with Gasteiger partial charge < -0.3 is 5.32 Å². The molecule has 2 rings (SSSR count). The number of carbonyl (C=O) groups excluding carboxylic acids is 1. The molecule has 0 aliphatic carbocycles. The third-order valence-corrected chi connectivity index (χ3v) is 2.60. The summed E-state index contributed by atoms with van der Waals surface area (Å²) in [7, 11) is 3.49. The van der Waals surface area contributed by atoms with Crippen LogP contribution in [-0.4, -0.2) is 25.5 Å². The Morgan fingerprint density at radius 3 is 2.71 bits per heavy atom. The maximum atomic E-state index is 11.8. The van der Waals surface area contributed by atoms with Gasteiger partial charge in [-0.05, 0) is 0 Å². The van der Waals surface area contributed by atoms with Gasteiger partial charge in [0.2, 0.25) is 0 Å². The Labute approximate surface area is 103 Å². The third-order valence-electron chi connectivity index (χ3n) is 2.32. The molecule has 0 aliphatic rings. The first-order chi connectivity index (χ1) is 8.08. The topological polar surface area (TPSA) is 64.7 Å². The summed E-state index contributed by atoms with van der Waals surface area (Å²) in [6, 6.07) is 0. The largest absolute Gasteiger partial charge is 0.346 e. The van der Waals surface area contributed by atoms with Crippen molar-refractivity contribution in [3.63, 3.8) is 0 Å². The standard InChI is InChI=1S/C10H12ClN5O/c1-15-6-7(4-13-15)3-12-10(17)9-8(11)5-14-16(9)2/h4-6H,3H2,1-2H3,(H,12,17). The first-order valence-corrected chi connectivity index (χ1v) is 5.39. The van der Waals surface area contributed by atoms with Gasteiger partial charge in [-0.3, -0.25) is 14.2 Å². The second-order valence-electron chi connectivity index (χ2n) is 3.67. The second-order valence-corrected chi connectivity index (χ2v) is 4.08. The molecule has 2 aromatic rings. The van der Waals surface area contributed by atoms with Gasteiger partial charge in [-0.25, -0.2) is 0 Å². The number of nitrogens with one attached hydrogen (secondary N) is 1. The van der Waals surface area contributed by atoms with E-state index in [1.165, 1.54) is 10.9 Å². The van der Waals surface area contributed by atoms with Crippen molar-refractivity contribution in [1.29, 1.82) is 0 Å². The van der Waals surface area contributed by atoms with E-state index in [4.69, 9.17) is 11.6 Å². The lowest BCUT2D eigenvalue weighted by Crippen LogP contribution is -2.25. The molecule has 0 unspecified atom stereocenters. The molecule has 0 aliphatic heterocycles. The highest BCUT2D eigenvalue weighted by Crippen LogP contribution is 2.13. The monoisotopic (exact) mass is 253 g/mol. The van der Waals surface area contributed by atoms with E-state index in [-0.39, 0.29) is 5.91 Å². The fourth-order valence-electron chi connectivity index (χ4n) is 1.50. The van der Waals surface area contributed by atoms with Gasteiger partial charge in [0.25, 0.3) is 5.91 Å². The average Bonchev–Trinajstić information content (AvgIpc) is 2.83. The van der Waals surface area contributed by atoms with Gasteiger partial charge in [0, 0.05) is 32.4 Å². The maximum absolute atomic E-state index is 11.8. The van der Waals surface area contributed by atoms with Gasteiger partial charge >= 0.3 is 0 Å². The zero-order chi connectivity index (χ0) is 12.4. The summed E-state index contributed by atoms with van der Waals surface area (Å²) in [6.07, 6.45) is 4.98. The summed E-state index contributed by atoms with van der Waals surface area (Å²) < 4.78 is 3.12. The number of hydrogen-bond acceptors (Lipinski definition) is 3. The van der Waals surface area contributed by atoms with E-state index in [9.17, 15) is 4.79 Å². The van der Waals surface area contributed by atoms with E-state index >= 15 is 0 Å². The van der Waals surface area contributed by atoms with Crippen LogP contribution in [0.3, 0.4) is 0 Å². The van der Waals surface area contributed by atoms with Crippen molar-refractivity contribution < 1.29 is 4.79 Å². The van der Waals surface area contributed by atoms with Crippen LogP contribution in [0.25, 0.3) is 0 Å². The Bertz CT molecular complexity index is 525. The smallest absolute Gasteiger partial charge is 0.271 e. The van der Waals surface area contributed by atoms with Crippen LogP contribution in [0.4, 0.5) is 0 Å². The van der Waals surface area contributed by atoms with Crippen LogP contribution in [0, 0.1) is 0 Å². The van der Waals surface area contributed by atoms with E-state index in [0.717, 1.165) is 5.56 Å². The molecule has 0 radical (unpaired) electrons. The molecule has 17 heavy (non-hydrogen) atoms. The van der Waals surface area contributed by atoms with Crippen molar-refractivity contribution in [3.05, 3.63) is 34.9 Å². The fraction of sp³-hybridized carbons (Fsp3) is 0.300. The first-order valence-electron chi connectivity index (χ1n) is 5.01. The molecular weight excluding hydrogens is 242 g/mol. The lowest BCUT2D eigenvalue weighted by molar-refractivity contribution is 0.0941. The number of carbonyl (C=O) groups is 1. The molecule has 0 fully saturated rings. The SMILES string of the molecule is Cn1cc(CNC(=O)c2c(Cl)cnn2C)cn1. The molecule has 0 bridgehead atoms. The molecule has 2 aromatic heterocycles. The molecule has 1 N–H and O–H groups in total. The van der Waals surface area contributed by atoms with Crippen LogP contribution < -0.4 is 5.32 Å². The van der Waals surface area contributed by atoms with Gasteiger partial charge in [-0.2, -0.15) is 10.2 Å². The van der Waals surface area contributed by atoms with E-state index in [0.29, 0.717) is 17.3 Å². The number of aromatic nitrogens is 4. The van der Waals surface area contributed by atoms with Crippen molar-refractivity contribution in [2.75, 3.05) is 0 Å². The zero-order valence-corrected chi connectivity index (χ0v) is 10.3. The van der Waals surface area contributed by atoms with E-state index in [2.05, 4.69) is 15.5 Å². The number of rotatable bonds is 3. The van der Waals surface area contributed by atoms with E-state index < -0.39 is 0 Å². The van der Waals surface area contributed by atoms with Crippen LogP contribution in [0.5, 0.6) is 0 Å². The average molecular weight is 254 g/mol. The number of nitrogens with zero attached hydrogens (tertiary/aromatic N) is 4. The Morgan fingerprint density at radius 1 is 1.41 bits per heavy atom. The van der Waals surface area contributed by atoms with Gasteiger partial charge in [-0.1, -0.05) is 11.6 Å². The normalized spacial score (nSPS) is 10.5. The highest BCUT2D eigenvalue weighted by molar-refractivity contribution is 6.33. The van der Waals surface area contributed by atoms with Gasteiger partial charge in [0.1, 0.15) is 5.69 Å². The molecule has 2 heterocycles. The number of amides is 1. The van der Waals surface area contributed by atoms with Gasteiger partial charge in [0.15, 0.2) is 0 Å². The molecule has 0 spiro atoms. The van der Waals surface area contributed by atoms with Gasteiger partial charge in [-0.15, -0.1) is 0 Å². The third kappa shape index (κ3) is 2.47. The molecule has 0 saturated carbocycles. The van der Waals surface area contributed by atoms with Crippen LogP contribution in [0.15, 0.2) is 18.6 Å². The minimum absolute atomic E-state index is 0.251. The summed E-state index contributed by atoms with van der Waals surface area (Å²) in [5, 5.41) is 11.0. The Hall–Kier alpha value is -1.82. The molecule has 6 nitrogen and oxygen atoms in total. The van der Waals surface area contributed by atoms with Crippen molar-refractivity contribution >= 4 is 17.5 Å². The quantitative estimate of drug-likeness (QED) is 0.877. The fourth-order valence-corrected chi connectivity index (χ4v) is 1.75. The van der Waals surface area contributed by atoms with E-state index in [1.54, 1.807) is 17.9 Å². The first kappa shape index (κ1) is 11.7. The minimum Gasteiger partial charge on any atom is -0.346 e. The van der Waals surface area contributed by atoms with Gasteiger partial charge in [0.05, 0.1) is 17.4 Å². The van der Waals surface area contributed by atoms with Crippen LogP contribution in [0.2, 0.25) is 5.02 Å². The second kappa shape index (κ2) is 4.58. The number of halogens is 1. The number of aryl methyl sites for hydroxylation is 2. The van der Waals surface area contributed by atoms with Crippen molar-refractivity contribution in [1.82, 2.24) is 24.9 Å². The van der Waals surface area contributed by atoms with Crippen molar-refractivity contribution in [3.8, 4) is 0 Å². The highest BCUT2D eigenvalue weighted by atomic mass is 35.5. The van der Waals surface area contributed by atoms with Crippen molar-refractivity contribution in [2.45, 2.75) is 6.54 Å². The lowest BCUT2D eigenvalue weighted by Gasteiger charge is -2.04. The summed E-state index contributed by atoms with van der Waals surface area (Å²) in [5.41, 5.74) is 1.29.